The molecule has 35 heavy (non-hydrogen) atoms. The van der Waals surface area contributed by atoms with Crippen molar-refractivity contribution in [2.75, 3.05) is 11.5 Å². The lowest BCUT2D eigenvalue weighted by Crippen LogP contribution is -2.54. The van der Waals surface area contributed by atoms with Gasteiger partial charge in [-0.1, -0.05) is 53.9 Å². The van der Waals surface area contributed by atoms with Gasteiger partial charge < -0.3 is 9.47 Å². The number of barbiturate groups is 1. The summed E-state index contributed by atoms with van der Waals surface area (Å²) in [6, 6.07) is 19.6. The highest BCUT2D eigenvalue weighted by Gasteiger charge is 2.37. The van der Waals surface area contributed by atoms with Crippen molar-refractivity contribution in [3.63, 3.8) is 0 Å². The molecule has 0 unspecified atom stereocenters. The second kappa shape index (κ2) is 10.6. The van der Waals surface area contributed by atoms with Crippen LogP contribution in [-0.4, -0.2) is 24.5 Å². The topological polar surface area (TPSA) is 84.9 Å². The molecule has 0 saturated carbocycles. The number of imide groups is 2. The Kier molecular flexibility index (Phi) is 7.15. The maximum atomic E-state index is 13.2. The van der Waals surface area contributed by atoms with Crippen molar-refractivity contribution in [3.8, 4) is 23.8 Å². The average Bonchev–Trinajstić information content (AvgIpc) is 2.86. The van der Waals surface area contributed by atoms with E-state index in [0.29, 0.717) is 22.1 Å². The molecule has 3 aromatic rings. The van der Waals surface area contributed by atoms with Crippen molar-refractivity contribution in [2.24, 2.45) is 0 Å². The fourth-order valence-corrected chi connectivity index (χ4v) is 3.56. The second-order valence-electron chi connectivity index (χ2n) is 7.36. The molecule has 1 aliphatic rings. The molecule has 8 heteroatoms. The third-order valence-corrected chi connectivity index (χ3v) is 5.45. The standard InChI is InChI=1S/C27H19ClN2O5/c1-2-15-34-24-10-6-4-7-18(24)16-22-25(31)29-27(33)30(26(22)32)20-11-13-21(14-12-20)35-17-19-8-3-5-9-23(19)28/h1,3-14,16H,15,17H2,(H,29,31,33)/b22-16+. The quantitative estimate of drug-likeness (QED) is 0.300. The van der Waals surface area contributed by atoms with Crippen LogP contribution >= 0.6 is 11.6 Å². The van der Waals surface area contributed by atoms with Gasteiger partial charge in [0, 0.05) is 16.1 Å². The van der Waals surface area contributed by atoms with E-state index in [1.54, 1.807) is 54.6 Å². The van der Waals surface area contributed by atoms with Crippen LogP contribution in [0.2, 0.25) is 5.02 Å². The van der Waals surface area contributed by atoms with E-state index >= 15 is 0 Å². The molecule has 4 rings (SSSR count). The number of halogens is 1. The average molecular weight is 487 g/mol. The van der Waals surface area contributed by atoms with E-state index < -0.39 is 17.8 Å². The number of anilines is 1. The number of carbonyl (C=O) groups is 3. The molecular weight excluding hydrogens is 468 g/mol. The zero-order valence-corrected chi connectivity index (χ0v) is 19.1. The molecule has 1 fully saturated rings. The maximum absolute atomic E-state index is 13.2. The van der Waals surface area contributed by atoms with Gasteiger partial charge in [0.05, 0.1) is 5.69 Å². The monoisotopic (exact) mass is 486 g/mol. The Labute approximate surface area is 206 Å². The summed E-state index contributed by atoms with van der Waals surface area (Å²) in [6.45, 7) is 0.278. The van der Waals surface area contributed by atoms with E-state index in [0.717, 1.165) is 10.5 Å². The first-order chi connectivity index (χ1) is 17.0. The SMILES string of the molecule is C#CCOc1ccccc1/C=C1\C(=O)NC(=O)N(c2ccc(OCc3ccccc3Cl)cc2)C1=O. The van der Waals surface area contributed by atoms with Crippen molar-refractivity contribution >= 4 is 41.2 Å². The molecular formula is C27H19ClN2O5. The van der Waals surface area contributed by atoms with Crippen molar-refractivity contribution in [1.29, 1.82) is 0 Å². The Morgan fingerprint density at radius 1 is 0.943 bits per heavy atom. The number of urea groups is 1. The highest BCUT2D eigenvalue weighted by atomic mass is 35.5. The van der Waals surface area contributed by atoms with Crippen LogP contribution in [0.25, 0.3) is 6.08 Å². The summed E-state index contributed by atoms with van der Waals surface area (Å²) < 4.78 is 11.2. The number of rotatable bonds is 7. The summed E-state index contributed by atoms with van der Waals surface area (Å²) in [7, 11) is 0. The summed E-state index contributed by atoms with van der Waals surface area (Å²) >= 11 is 6.15. The Balaban J connectivity index is 1.55. The van der Waals surface area contributed by atoms with Crippen LogP contribution in [0.5, 0.6) is 11.5 Å². The normalized spacial score (nSPS) is 14.5. The molecule has 1 heterocycles. The Morgan fingerprint density at radius 3 is 2.40 bits per heavy atom. The number of nitrogens with zero attached hydrogens (tertiary/aromatic N) is 1. The summed E-state index contributed by atoms with van der Waals surface area (Å²) in [5, 5.41) is 2.79. The van der Waals surface area contributed by atoms with Gasteiger partial charge in [-0.15, -0.1) is 6.42 Å². The van der Waals surface area contributed by atoms with Gasteiger partial charge in [-0.3, -0.25) is 14.9 Å². The molecule has 3 aromatic carbocycles. The number of hydrogen-bond donors (Lipinski definition) is 1. The fraction of sp³-hybridized carbons (Fsp3) is 0.0741. The van der Waals surface area contributed by atoms with Gasteiger partial charge in [0.25, 0.3) is 11.8 Å². The molecule has 1 N–H and O–H groups in total. The lowest BCUT2D eigenvalue weighted by molar-refractivity contribution is -0.122. The molecule has 174 valence electrons. The van der Waals surface area contributed by atoms with Crippen molar-refractivity contribution in [3.05, 3.63) is 94.5 Å². The van der Waals surface area contributed by atoms with Gasteiger partial charge in [-0.25, -0.2) is 9.69 Å². The highest BCUT2D eigenvalue weighted by Crippen LogP contribution is 2.27. The lowest BCUT2D eigenvalue weighted by atomic mass is 10.1. The van der Waals surface area contributed by atoms with Gasteiger partial charge in [-0.05, 0) is 42.5 Å². The first-order valence-corrected chi connectivity index (χ1v) is 10.9. The zero-order chi connectivity index (χ0) is 24.8. The van der Waals surface area contributed by atoms with Crippen LogP contribution < -0.4 is 19.7 Å². The first kappa shape index (κ1) is 23.6. The summed E-state index contributed by atoms with van der Waals surface area (Å²) in [5.41, 5.74) is 1.34. The minimum Gasteiger partial charge on any atom is -0.489 e. The largest absolute Gasteiger partial charge is 0.489 e. The van der Waals surface area contributed by atoms with Gasteiger partial charge in [0.1, 0.15) is 30.3 Å². The minimum absolute atomic E-state index is 0.0236. The van der Waals surface area contributed by atoms with E-state index in [2.05, 4.69) is 11.2 Å². The third-order valence-electron chi connectivity index (χ3n) is 5.08. The predicted molar refractivity (Wildman–Crippen MR) is 132 cm³/mol. The summed E-state index contributed by atoms with van der Waals surface area (Å²) in [6.07, 6.45) is 6.62. The molecule has 7 nitrogen and oxygen atoms in total. The number of nitrogens with one attached hydrogen (secondary N) is 1. The molecule has 0 radical (unpaired) electrons. The minimum atomic E-state index is -0.848. The van der Waals surface area contributed by atoms with Gasteiger partial charge in [0.15, 0.2) is 0 Å². The van der Waals surface area contributed by atoms with Crippen LogP contribution in [0.3, 0.4) is 0 Å². The third kappa shape index (κ3) is 5.35. The number of amides is 4. The van der Waals surface area contributed by atoms with E-state index in [1.807, 2.05) is 18.2 Å². The molecule has 4 amide bonds. The molecule has 0 bridgehead atoms. The van der Waals surface area contributed by atoms with Crippen LogP contribution in [-0.2, 0) is 16.2 Å². The Bertz CT molecular complexity index is 1360. The molecule has 0 aromatic heterocycles. The highest BCUT2D eigenvalue weighted by molar-refractivity contribution is 6.39. The van der Waals surface area contributed by atoms with Crippen molar-refractivity contribution in [2.45, 2.75) is 6.61 Å². The van der Waals surface area contributed by atoms with Gasteiger partial charge in [0.2, 0.25) is 0 Å². The molecule has 0 spiro atoms. The maximum Gasteiger partial charge on any atom is 0.335 e. The number of carbonyl (C=O) groups excluding carboxylic acids is 3. The number of ether oxygens (including phenoxy) is 2. The first-order valence-electron chi connectivity index (χ1n) is 10.5. The van der Waals surface area contributed by atoms with Gasteiger partial charge in [-0.2, -0.15) is 0 Å². The fourth-order valence-electron chi connectivity index (χ4n) is 3.37. The van der Waals surface area contributed by atoms with E-state index in [9.17, 15) is 14.4 Å². The van der Waals surface area contributed by atoms with Crippen molar-refractivity contribution in [1.82, 2.24) is 5.32 Å². The zero-order valence-electron chi connectivity index (χ0n) is 18.4. The van der Waals surface area contributed by atoms with E-state index in [-0.39, 0.29) is 24.5 Å². The number of hydrogen-bond acceptors (Lipinski definition) is 5. The Hall–Kier alpha value is -4.54. The van der Waals surface area contributed by atoms with Crippen LogP contribution in [0.4, 0.5) is 10.5 Å². The summed E-state index contributed by atoms with van der Waals surface area (Å²) in [4.78, 5) is 39.0. The smallest absolute Gasteiger partial charge is 0.335 e. The second-order valence-corrected chi connectivity index (χ2v) is 7.77. The molecule has 0 aliphatic carbocycles. The number of terminal acetylenes is 1. The van der Waals surface area contributed by atoms with E-state index in [4.69, 9.17) is 27.5 Å². The predicted octanol–water partition coefficient (Wildman–Crippen LogP) is 4.60. The molecule has 1 saturated heterocycles. The number of benzene rings is 3. The lowest BCUT2D eigenvalue weighted by Gasteiger charge is -2.26. The van der Waals surface area contributed by atoms with Gasteiger partial charge >= 0.3 is 6.03 Å². The summed E-state index contributed by atoms with van der Waals surface area (Å²) in [5.74, 6) is 1.72. The molecule has 1 aliphatic heterocycles. The molecule has 0 atom stereocenters. The van der Waals surface area contributed by atoms with E-state index in [1.165, 1.54) is 6.08 Å². The van der Waals surface area contributed by atoms with Crippen LogP contribution in [0, 0.1) is 12.3 Å². The van der Waals surface area contributed by atoms with Crippen molar-refractivity contribution < 1.29 is 23.9 Å². The van der Waals surface area contributed by atoms with Crippen LogP contribution in [0.1, 0.15) is 11.1 Å². The Morgan fingerprint density at radius 2 is 1.66 bits per heavy atom. The number of para-hydroxylation sites is 1. The van der Waals surface area contributed by atoms with Crippen LogP contribution in [0.15, 0.2) is 78.4 Å².